The standard InChI is InChI=1S/C36H39F3N4O4/c1-7-26(33-28(37)10-8-11-29(33)38)32(24-15-18-30-27(22-24)34(39)41-40-30)23-13-16-25(17-14-23)46-21-20-43(35(45)47-36(2,3)4)19-9-12-31(44)42(5)6/h8-18,22H,7,19-21H2,1-6H3,(H,40,41)/b12-9+,32-26+. The maximum atomic E-state index is 15.1. The minimum atomic E-state index is -0.711. The Morgan fingerprint density at radius 3 is 2.23 bits per heavy atom. The molecule has 0 aliphatic carbocycles. The number of allylic oxidation sites excluding steroid dienone is 1. The molecule has 8 nitrogen and oxygen atoms in total. The number of nitrogens with zero attached hydrogens (tertiary/aromatic N) is 3. The van der Waals surface area contributed by atoms with Gasteiger partial charge < -0.3 is 19.3 Å². The summed E-state index contributed by atoms with van der Waals surface area (Å²) in [5.41, 5.74) is 1.75. The Hall–Kier alpha value is -5.06. The first-order valence-corrected chi connectivity index (χ1v) is 15.2. The lowest BCUT2D eigenvalue weighted by Crippen LogP contribution is -2.39. The summed E-state index contributed by atoms with van der Waals surface area (Å²) in [5.74, 6) is -1.81. The molecule has 0 spiro atoms. The molecule has 4 aromatic rings. The van der Waals surface area contributed by atoms with Gasteiger partial charge in [0.1, 0.15) is 29.6 Å². The fraction of sp³-hybridized carbons (Fsp3) is 0.306. The van der Waals surface area contributed by atoms with Crippen molar-refractivity contribution in [1.82, 2.24) is 20.0 Å². The van der Waals surface area contributed by atoms with Crippen molar-refractivity contribution in [3.63, 3.8) is 0 Å². The summed E-state index contributed by atoms with van der Waals surface area (Å²) in [6.07, 6.45) is 2.71. The first-order chi connectivity index (χ1) is 22.3. The molecular weight excluding hydrogens is 609 g/mol. The maximum absolute atomic E-state index is 15.1. The van der Waals surface area contributed by atoms with Crippen molar-refractivity contribution in [1.29, 1.82) is 0 Å². The van der Waals surface area contributed by atoms with E-state index in [9.17, 15) is 14.0 Å². The van der Waals surface area contributed by atoms with E-state index in [2.05, 4.69) is 10.2 Å². The largest absolute Gasteiger partial charge is 0.492 e. The number of halogens is 3. The van der Waals surface area contributed by atoms with Crippen LogP contribution in [0.4, 0.5) is 18.0 Å². The average molecular weight is 649 g/mol. The third-order valence-electron chi connectivity index (χ3n) is 7.18. The lowest BCUT2D eigenvalue weighted by atomic mass is 9.87. The van der Waals surface area contributed by atoms with Crippen LogP contribution in [0.5, 0.6) is 5.75 Å². The van der Waals surface area contributed by atoms with E-state index in [0.29, 0.717) is 33.5 Å². The number of benzene rings is 3. The van der Waals surface area contributed by atoms with Crippen LogP contribution in [0.2, 0.25) is 0 Å². The lowest BCUT2D eigenvalue weighted by Gasteiger charge is -2.26. The van der Waals surface area contributed by atoms with Crippen LogP contribution in [-0.4, -0.2) is 71.4 Å². The van der Waals surface area contributed by atoms with Gasteiger partial charge in [0.15, 0.2) is 0 Å². The molecule has 1 aromatic heterocycles. The van der Waals surface area contributed by atoms with E-state index in [1.165, 1.54) is 34.1 Å². The minimum Gasteiger partial charge on any atom is -0.492 e. The van der Waals surface area contributed by atoms with E-state index in [0.717, 1.165) is 0 Å². The summed E-state index contributed by atoms with van der Waals surface area (Å²) in [7, 11) is 3.27. The molecule has 0 atom stereocenters. The monoisotopic (exact) mass is 648 g/mol. The van der Waals surface area contributed by atoms with E-state index in [1.807, 2.05) is 0 Å². The Bertz CT molecular complexity index is 1770. The van der Waals surface area contributed by atoms with Crippen LogP contribution in [0.15, 0.2) is 72.8 Å². The molecule has 11 heteroatoms. The highest BCUT2D eigenvalue weighted by atomic mass is 19.1. The molecule has 47 heavy (non-hydrogen) atoms. The fourth-order valence-electron chi connectivity index (χ4n) is 4.92. The molecule has 1 N–H and O–H groups in total. The second-order valence-electron chi connectivity index (χ2n) is 12.0. The molecule has 0 aliphatic rings. The zero-order valence-corrected chi connectivity index (χ0v) is 27.4. The topological polar surface area (TPSA) is 87.8 Å². The predicted octanol–water partition coefficient (Wildman–Crippen LogP) is 7.61. The van der Waals surface area contributed by atoms with Gasteiger partial charge in [-0.3, -0.25) is 9.89 Å². The Labute approximate surface area is 272 Å². The number of rotatable bonds is 11. The number of carbonyl (C=O) groups is 2. The summed E-state index contributed by atoms with van der Waals surface area (Å²) >= 11 is 0. The van der Waals surface area contributed by atoms with Crippen LogP contribution >= 0.6 is 0 Å². The van der Waals surface area contributed by atoms with E-state index < -0.39 is 29.3 Å². The van der Waals surface area contributed by atoms with Gasteiger partial charge in [-0.1, -0.05) is 37.3 Å². The highest BCUT2D eigenvalue weighted by molar-refractivity contribution is 6.00. The molecule has 0 saturated heterocycles. The lowest BCUT2D eigenvalue weighted by molar-refractivity contribution is -0.123. The van der Waals surface area contributed by atoms with Crippen molar-refractivity contribution in [2.75, 3.05) is 33.8 Å². The predicted molar refractivity (Wildman–Crippen MR) is 176 cm³/mol. The highest BCUT2D eigenvalue weighted by Gasteiger charge is 2.23. The molecule has 248 valence electrons. The highest BCUT2D eigenvalue weighted by Crippen LogP contribution is 2.38. The van der Waals surface area contributed by atoms with Gasteiger partial charge in [-0.25, -0.2) is 13.6 Å². The molecule has 0 radical (unpaired) electrons. The Morgan fingerprint density at radius 1 is 0.957 bits per heavy atom. The summed E-state index contributed by atoms with van der Waals surface area (Å²) in [4.78, 5) is 27.6. The number of nitrogens with one attached hydrogen (secondary N) is 1. The molecule has 0 saturated carbocycles. The molecule has 0 unspecified atom stereocenters. The second kappa shape index (κ2) is 15.0. The van der Waals surface area contributed by atoms with E-state index in [-0.39, 0.29) is 43.0 Å². The third-order valence-corrected chi connectivity index (χ3v) is 7.18. The second-order valence-corrected chi connectivity index (χ2v) is 12.0. The molecule has 0 aliphatic heterocycles. The fourth-order valence-corrected chi connectivity index (χ4v) is 4.92. The summed E-state index contributed by atoms with van der Waals surface area (Å²) in [6, 6.07) is 15.7. The van der Waals surface area contributed by atoms with Gasteiger partial charge in [0.05, 0.1) is 17.4 Å². The van der Waals surface area contributed by atoms with Crippen LogP contribution < -0.4 is 4.74 Å². The molecule has 0 fully saturated rings. The van der Waals surface area contributed by atoms with Crippen LogP contribution in [0.3, 0.4) is 0 Å². The Balaban J connectivity index is 1.62. The number of carbonyl (C=O) groups excluding carboxylic acids is 2. The van der Waals surface area contributed by atoms with Gasteiger partial charge >= 0.3 is 6.09 Å². The van der Waals surface area contributed by atoms with Crippen LogP contribution in [-0.2, 0) is 9.53 Å². The molecule has 4 rings (SSSR count). The van der Waals surface area contributed by atoms with Crippen LogP contribution in [0.1, 0.15) is 50.8 Å². The number of ether oxygens (including phenoxy) is 2. The zero-order valence-electron chi connectivity index (χ0n) is 27.4. The summed E-state index contributed by atoms with van der Waals surface area (Å²) in [5, 5.41) is 6.51. The number of aromatic nitrogens is 2. The molecule has 2 amide bonds. The SMILES string of the molecule is CC/C(=C(/c1ccc(OCCN(C/C=C/C(=O)N(C)C)C(=O)OC(C)(C)C)cc1)c1ccc2[nH]nc(F)c2c1)c1c(F)cccc1F. The number of amides is 2. The van der Waals surface area contributed by atoms with E-state index >= 15 is 8.78 Å². The van der Waals surface area contributed by atoms with Crippen molar-refractivity contribution in [3.05, 3.63) is 107 Å². The van der Waals surface area contributed by atoms with Gasteiger partial charge in [-0.15, -0.1) is 5.10 Å². The molecule has 3 aromatic carbocycles. The maximum Gasteiger partial charge on any atom is 0.410 e. The zero-order chi connectivity index (χ0) is 34.3. The number of likely N-dealkylation sites (N-methyl/N-ethyl adjacent to an activating group) is 1. The quantitative estimate of drug-likeness (QED) is 0.134. The van der Waals surface area contributed by atoms with Crippen LogP contribution in [0.25, 0.3) is 22.0 Å². The van der Waals surface area contributed by atoms with E-state index in [1.54, 1.807) is 90.3 Å². The van der Waals surface area contributed by atoms with Crippen molar-refractivity contribution >= 4 is 34.0 Å². The number of H-pyrrole nitrogens is 1. The molecular formula is C36H39F3N4O4. The van der Waals surface area contributed by atoms with Gasteiger partial charge in [-0.2, -0.15) is 4.39 Å². The third kappa shape index (κ3) is 8.81. The van der Waals surface area contributed by atoms with Gasteiger partial charge in [0.25, 0.3) is 0 Å². The first kappa shape index (κ1) is 34.8. The summed E-state index contributed by atoms with van der Waals surface area (Å²) in [6.45, 7) is 7.53. The normalized spacial score (nSPS) is 12.3. The molecule has 1 heterocycles. The minimum absolute atomic E-state index is 0.119. The average Bonchev–Trinajstić information content (AvgIpc) is 3.38. The number of hydrogen-bond donors (Lipinski definition) is 1. The van der Waals surface area contributed by atoms with Crippen molar-refractivity contribution in [2.45, 2.75) is 39.7 Å². The first-order valence-electron chi connectivity index (χ1n) is 15.2. The smallest absolute Gasteiger partial charge is 0.410 e. The van der Waals surface area contributed by atoms with Gasteiger partial charge in [0, 0.05) is 32.3 Å². The summed E-state index contributed by atoms with van der Waals surface area (Å²) < 4.78 is 56.1. The van der Waals surface area contributed by atoms with Gasteiger partial charge in [0.2, 0.25) is 11.9 Å². The van der Waals surface area contributed by atoms with Gasteiger partial charge in [-0.05, 0) is 85.9 Å². The van der Waals surface area contributed by atoms with Crippen molar-refractivity contribution < 1.29 is 32.2 Å². The molecule has 0 bridgehead atoms. The van der Waals surface area contributed by atoms with Crippen molar-refractivity contribution in [3.8, 4) is 5.75 Å². The van der Waals surface area contributed by atoms with Crippen molar-refractivity contribution in [2.24, 2.45) is 0 Å². The van der Waals surface area contributed by atoms with Crippen LogP contribution in [0, 0.1) is 17.6 Å². The Morgan fingerprint density at radius 2 is 1.62 bits per heavy atom. The number of fused-ring (bicyclic) bond motifs is 1. The van der Waals surface area contributed by atoms with E-state index in [4.69, 9.17) is 9.47 Å². The number of hydrogen-bond acceptors (Lipinski definition) is 5. The number of aromatic amines is 1. The Kier molecular flexibility index (Phi) is 11.1.